The molecule has 26 heavy (non-hydrogen) atoms. The van der Waals surface area contributed by atoms with Gasteiger partial charge in [-0.3, -0.25) is 14.3 Å². The number of rotatable bonds is 4. The van der Waals surface area contributed by atoms with Crippen LogP contribution in [0.15, 0.2) is 30.3 Å². The van der Waals surface area contributed by atoms with Crippen molar-refractivity contribution < 1.29 is 9.59 Å². The fourth-order valence-corrected chi connectivity index (χ4v) is 2.93. The molecule has 0 fully saturated rings. The molecule has 0 aliphatic rings. The lowest BCUT2D eigenvalue weighted by Gasteiger charge is -2.11. The van der Waals surface area contributed by atoms with E-state index in [1.54, 1.807) is 28.9 Å². The monoisotopic (exact) mass is 350 g/mol. The number of ketones is 1. The van der Waals surface area contributed by atoms with Gasteiger partial charge in [-0.1, -0.05) is 13.8 Å². The number of benzene rings is 1. The zero-order valence-electron chi connectivity index (χ0n) is 15.6. The van der Waals surface area contributed by atoms with E-state index in [1.807, 2.05) is 33.9 Å². The average Bonchev–Trinajstić information content (AvgIpc) is 2.88. The van der Waals surface area contributed by atoms with Gasteiger partial charge in [-0.25, -0.2) is 4.98 Å². The zero-order valence-corrected chi connectivity index (χ0v) is 15.6. The largest absolute Gasteiger partial charge is 0.322 e. The molecule has 0 unspecified atom stereocenters. The SMILES string of the molecule is CC(=O)c1ccc(NC(=O)c2cc(C(C)C)nc3c2c(C)nn3C)cc1. The third-order valence-electron chi connectivity index (χ3n) is 4.37. The number of hydrogen-bond donors (Lipinski definition) is 1. The molecule has 0 aliphatic heterocycles. The van der Waals surface area contributed by atoms with Gasteiger partial charge in [0.2, 0.25) is 0 Å². The summed E-state index contributed by atoms with van der Waals surface area (Å²) in [5, 5.41) is 8.07. The molecule has 1 amide bonds. The summed E-state index contributed by atoms with van der Waals surface area (Å²) in [5.74, 6) is -0.0340. The Hall–Kier alpha value is -3.02. The molecule has 0 spiro atoms. The highest BCUT2D eigenvalue weighted by Crippen LogP contribution is 2.25. The van der Waals surface area contributed by atoms with E-state index < -0.39 is 0 Å². The molecule has 6 heteroatoms. The third kappa shape index (κ3) is 3.22. The molecular weight excluding hydrogens is 328 g/mol. The van der Waals surface area contributed by atoms with Gasteiger partial charge in [-0.15, -0.1) is 0 Å². The fourth-order valence-electron chi connectivity index (χ4n) is 2.93. The molecule has 2 aromatic heterocycles. The van der Waals surface area contributed by atoms with Crippen LogP contribution in [-0.4, -0.2) is 26.5 Å². The van der Waals surface area contributed by atoms with Crippen LogP contribution in [0.2, 0.25) is 0 Å². The highest BCUT2D eigenvalue weighted by molar-refractivity contribution is 6.12. The third-order valence-corrected chi connectivity index (χ3v) is 4.37. The molecule has 1 N–H and O–H groups in total. The Kier molecular flexibility index (Phi) is 4.59. The van der Waals surface area contributed by atoms with E-state index in [-0.39, 0.29) is 17.6 Å². The van der Waals surface area contributed by atoms with E-state index >= 15 is 0 Å². The minimum Gasteiger partial charge on any atom is -0.322 e. The molecule has 134 valence electrons. The Balaban J connectivity index is 2.03. The summed E-state index contributed by atoms with van der Waals surface area (Å²) in [5.41, 5.74) is 4.11. The quantitative estimate of drug-likeness (QED) is 0.725. The molecular formula is C20H22N4O2. The summed E-state index contributed by atoms with van der Waals surface area (Å²) in [4.78, 5) is 29.0. The van der Waals surface area contributed by atoms with Crippen molar-refractivity contribution in [1.29, 1.82) is 0 Å². The van der Waals surface area contributed by atoms with Crippen molar-refractivity contribution in [1.82, 2.24) is 14.8 Å². The van der Waals surface area contributed by atoms with E-state index in [2.05, 4.69) is 15.4 Å². The summed E-state index contributed by atoms with van der Waals surface area (Å²) in [6.45, 7) is 7.47. The molecule has 1 aromatic carbocycles. The topological polar surface area (TPSA) is 76.9 Å². The summed E-state index contributed by atoms with van der Waals surface area (Å²) >= 11 is 0. The van der Waals surface area contributed by atoms with Gasteiger partial charge in [0.1, 0.15) is 0 Å². The van der Waals surface area contributed by atoms with Gasteiger partial charge in [0.25, 0.3) is 5.91 Å². The van der Waals surface area contributed by atoms with E-state index in [0.717, 1.165) is 16.8 Å². The van der Waals surface area contributed by atoms with Gasteiger partial charge in [0, 0.05) is 24.0 Å². The van der Waals surface area contributed by atoms with Crippen LogP contribution in [0, 0.1) is 6.92 Å². The van der Waals surface area contributed by atoms with Gasteiger partial charge in [-0.05, 0) is 50.1 Å². The predicted octanol–water partition coefficient (Wildman–Crippen LogP) is 3.86. The lowest BCUT2D eigenvalue weighted by Crippen LogP contribution is -2.14. The Morgan fingerprint density at radius 2 is 1.81 bits per heavy atom. The van der Waals surface area contributed by atoms with E-state index in [9.17, 15) is 9.59 Å². The summed E-state index contributed by atoms with van der Waals surface area (Å²) in [6, 6.07) is 8.70. The number of aryl methyl sites for hydroxylation is 2. The van der Waals surface area contributed by atoms with Crippen molar-refractivity contribution in [3.63, 3.8) is 0 Å². The molecule has 6 nitrogen and oxygen atoms in total. The van der Waals surface area contributed by atoms with Crippen LogP contribution in [-0.2, 0) is 7.05 Å². The first-order valence-electron chi connectivity index (χ1n) is 8.54. The number of hydrogen-bond acceptors (Lipinski definition) is 4. The average molecular weight is 350 g/mol. The van der Waals surface area contributed by atoms with Gasteiger partial charge >= 0.3 is 0 Å². The van der Waals surface area contributed by atoms with Crippen molar-refractivity contribution in [3.05, 3.63) is 52.8 Å². The molecule has 0 saturated carbocycles. The van der Waals surface area contributed by atoms with Crippen LogP contribution >= 0.6 is 0 Å². The normalized spacial score (nSPS) is 11.2. The molecule has 0 saturated heterocycles. The van der Waals surface area contributed by atoms with E-state index in [0.29, 0.717) is 22.5 Å². The second-order valence-electron chi connectivity index (χ2n) is 6.74. The van der Waals surface area contributed by atoms with Gasteiger partial charge in [0.15, 0.2) is 11.4 Å². The molecule has 0 atom stereocenters. The van der Waals surface area contributed by atoms with E-state index in [4.69, 9.17) is 0 Å². The second-order valence-corrected chi connectivity index (χ2v) is 6.74. The first kappa shape index (κ1) is 17.8. The van der Waals surface area contributed by atoms with Gasteiger partial charge in [-0.2, -0.15) is 5.10 Å². The molecule has 0 radical (unpaired) electrons. The summed E-state index contributed by atoms with van der Waals surface area (Å²) < 4.78 is 1.70. The van der Waals surface area contributed by atoms with Crippen LogP contribution in [0.1, 0.15) is 58.8 Å². The van der Waals surface area contributed by atoms with Crippen molar-refractivity contribution in [3.8, 4) is 0 Å². The number of pyridine rings is 1. The van der Waals surface area contributed by atoms with Crippen molar-refractivity contribution in [2.75, 3.05) is 5.32 Å². The highest BCUT2D eigenvalue weighted by Gasteiger charge is 2.19. The molecule has 3 aromatic rings. The zero-order chi connectivity index (χ0) is 19.0. The Morgan fingerprint density at radius 3 is 2.38 bits per heavy atom. The number of anilines is 1. The number of nitrogens with zero attached hydrogens (tertiary/aromatic N) is 3. The van der Waals surface area contributed by atoms with Crippen LogP contribution in [0.4, 0.5) is 5.69 Å². The van der Waals surface area contributed by atoms with Crippen molar-refractivity contribution in [2.24, 2.45) is 7.05 Å². The van der Waals surface area contributed by atoms with Crippen LogP contribution in [0.5, 0.6) is 0 Å². The fraction of sp³-hybridized carbons (Fsp3) is 0.300. The van der Waals surface area contributed by atoms with Crippen LogP contribution < -0.4 is 5.32 Å². The first-order chi connectivity index (χ1) is 12.3. The lowest BCUT2D eigenvalue weighted by molar-refractivity contribution is 0.101. The maximum Gasteiger partial charge on any atom is 0.256 e. The predicted molar refractivity (Wildman–Crippen MR) is 102 cm³/mol. The minimum absolute atomic E-state index is 0.00808. The molecule has 2 heterocycles. The number of nitrogens with one attached hydrogen (secondary N) is 1. The van der Waals surface area contributed by atoms with Crippen LogP contribution in [0.25, 0.3) is 11.0 Å². The first-order valence-corrected chi connectivity index (χ1v) is 8.54. The Bertz CT molecular complexity index is 1000. The smallest absolute Gasteiger partial charge is 0.256 e. The highest BCUT2D eigenvalue weighted by atomic mass is 16.1. The molecule has 0 bridgehead atoms. The number of Topliss-reactive ketones (excluding diaryl/α,β-unsaturated/α-hetero) is 1. The van der Waals surface area contributed by atoms with Gasteiger partial charge in [0.05, 0.1) is 16.6 Å². The number of fused-ring (bicyclic) bond motifs is 1. The lowest BCUT2D eigenvalue weighted by atomic mass is 10.0. The second kappa shape index (κ2) is 6.71. The minimum atomic E-state index is -0.217. The van der Waals surface area contributed by atoms with Crippen molar-refractivity contribution >= 4 is 28.4 Å². The maximum absolute atomic E-state index is 12.9. The number of aromatic nitrogens is 3. The van der Waals surface area contributed by atoms with E-state index in [1.165, 1.54) is 6.92 Å². The number of carbonyl (C=O) groups excluding carboxylic acids is 2. The summed E-state index contributed by atoms with van der Waals surface area (Å²) in [7, 11) is 1.83. The summed E-state index contributed by atoms with van der Waals surface area (Å²) in [6.07, 6.45) is 0. The van der Waals surface area contributed by atoms with Crippen LogP contribution in [0.3, 0.4) is 0 Å². The number of carbonyl (C=O) groups is 2. The number of amides is 1. The standard InChI is InChI=1S/C20H22N4O2/c1-11(2)17-10-16(18-12(3)23-24(5)19(18)22-17)20(26)21-15-8-6-14(7-9-15)13(4)25/h6-11H,1-5H3,(H,21,26). The Morgan fingerprint density at radius 1 is 1.15 bits per heavy atom. The molecule has 3 rings (SSSR count). The van der Waals surface area contributed by atoms with Gasteiger partial charge < -0.3 is 5.32 Å². The van der Waals surface area contributed by atoms with Crippen molar-refractivity contribution in [2.45, 2.75) is 33.6 Å². The Labute approximate surface area is 152 Å². The maximum atomic E-state index is 12.9. The molecule has 0 aliphatic carbocycles.